The molecule has 276 valence electrons. The van der Waals surface area contributed by atoms with Gasteiger partial charge in [0.2, 0.25) is 5.82 Å². The lowest BCUT2D eigenvalue weighted by molar-refractivity contribution is -0.236. The summed E-state index contributed by atoms with van der Waals surface area (Å²) in [4.78, 5) is 38.7. The molecule has 0 spiro atoms. The van der Waals surface area contributed by atoms with Gasteiger partial charge in [0.1, 0.15) is 12.3 Å². The van der Waals surface area contributed by atoms with E-state index in [0.29, 0.717) is 42.7 Å². The summed E-state index contributed by atoms with van der Waals surface area (Å²) in [5.74, 6) is 1.86. The van der Waals surface area contributed by atoms with Gasteiger partial charge in [-0.15, -0.1) is 0 Å². The van der Waals surface area contributed by atoms with E-state index in [2.05, 4.69) is 34.6 Å². The molecule has 0 radical (unpaired) electrons. The fourth-order valence-corrected chi connectivity index (χ4v) is 12.1. The molecule has 3 saturated carbocycles. The van der Waals surface area contributed by atoms with Crippen molar-refractivity contribution in [2.75, 3.05) is 6.61 Å². The van der Waals surface area contributed by atoms with Gasteiger partial charge >= 0.3 is 5.69 Å². The molecule has 2 heterocycles. The van der Waals surface area contributed by atoms with Gasteiger partial charge in [0, 0.05) is 6.42 Å². The Morgan fingerprint density at radius 1 is 1.12 bits per heavy atom. The summed E-state index contributed by atoms with van der Waals surface area (Å²) >= 11 is 0. The van der Waals surface area contributed by atoms with Crippen molar-refractivity contribution in [3.8, 4) is 0 Å². The molecule has 6 rings (SSSR count). The second-order valence-corrected chi connectivity index (χ2v) is 18.0. The van der Waals surface area contributed by atoms with E-state index < -0.39 is 62.1 Å². The quantitative estimate of drug-likeness (QED) is 0.207. The molecule has 13 heteroatoms. The molecule has 5 aliphatic rings. The highest BCUT2D eigenvalue weighted by molar-refractivity contribution is 7.45. The Morgan fingerprint density at radius 3 is 2.59 bits per heavy atom. The monoisotopic (exact) mass is 709 g/mol. The maximum atomic E-state index is 13.9. The number of rotatable bonds is 11. The first-order valence-electron chi connectivity index (χ1n) is 18.4. The Balaban J connectivity index is 1.11. The predicted octanol–water partition coefficient (Wildman–Crippen LogP) is 5.21. The van der Waals surface area contributed by atoms with Crippen LogP contribution < -0.4 is 16.1 Å². The Labute approximate surface area is 288 Å². The maximum absolute atomic E-state index is 13.9. The number of nitrogens with one attached hydrogen (secondary N) is 1. The molecule has 4 aliphatic carbocycles. The smallest absolute Gasteiger partial charge is 0.330 e. The highest BCUT2D eigenvalue weighted by Crippen LogP contribution is 2.67. The van der Waals surface area contributed by atoms with E-state index in [4.69, 9.17) is 13.8 Å². The van der Waals surface area contributed by atoms with Crippen molar-refractivity contribution in [1.82, 2.24) is 9.55 Å². The minimum Gasteiger partial charge on any atom is -0.756 e. The van der Waals surface area contributed by atoms with Crippen LogP contribution in [0.15, 0.2) is 27.4 Å². The van der Waals surface area contributed by atoms with Crippen molar-refractivity contribution in [3.63, 3.8) is 0 Å². The number of hydrogen-bond acceptors (Lipinski definition) is 9. The number of fused-ring (bicyclic) bond motifs is 5. The van der Waals surface area contributed by atoms with Crippen molar-refractivity contribution in [3.05, 3.63) is 44.5 Å². The molecule has 1 unspecified atom stereocenters. The number of phosphoric ester groups is 1. The lowest BCUT2D eigenvalue weighted by Gasteiger charge is -2.59. The summed E-state index contributed by atoms with van der Waals surface area (Å²) in [5, 5.41) is 21.6. The molecule has 4 fully saturated rings. The fraction of sp³-hybridized carbons (Fsp3) is 0.833. The van der Waals surface area contributed by atoms with Crippen molar-refractivity contribution in [1.29, 1.82) is 0 Å². The lowest BCUT2D eigenvalue weighted by atomic mass is 9.46. The zero-order chi connectivity index (χ0) is 35.5. The number of H-pyrrole nitrogens is 1. The van der Waals surface area contributed by atoms with E-state index in [1.54, 1.807) is 0 Å². The first-order valence-corrected chi connectivity index (χ1v) is 19.9. The second kappa shape index (κ2) is 14.1. The van der Waals surface area contributed by atoms with Gasteiger partial charge in [0.15, 0.2) is 0 Å². The lowest BCUT2D eigenvalue weighted by Crippen LogP contribution is -2.55. The molecular formula is C36H55FN2O9P-. The SMILES string of the molecule is CC(C)CCC[C@@H](C)[C@H]1CC[C@H]2[C@@H]3[C@@H](O)C=C4C[C@@H](OP(=O)([O-])O[C@H]5C[C@H](n6cc(F)c(=O)[nH]c6=O)O[C@@H]5CO)CC[C@]4(C)[C@H]3CC[C@]12C. The summed E-state index contributed by atoms with van der Waals surface area (Å²) < 4.78 is 44.5. The van der Waals surface area contributed by atoms with Gasteiger partial charge in [-0.2, -0.15) is 4.39 Å². The van der Waals surface area contributed by atoms with Crippen LogP contribution >= 0.6 is 7.82 Å². The number of aliphatic hydroxyl groups is 2. The van der Waals surface area contributed by atoms with Gasteiger partial charge < -0.3 is 28.9 Å². The average Bonchev–Trinajstić information content (AvgIpc) is 3.59. The summed E-state index contributed by atoms with van der Waals surface area (Å²) in [6.07, 6.45) is 7.74. The summed E-state index contributed by atoms with van der Waals surface area (Å²) in [6.45, 7) is 11.2. The van der Waals surface area contributed by atoms with Crippen molar-refractivity contribution in [2.24, 2.45) is 46.3 Å². The van der Waals surface area contributed by atoms with Crippen LogP contribution in [-0.4, -0.2) is 50.8 Å². The molecular weight excluding hydrogens is 654 g/mol. The van der Waals surface area contributed by atoms with E-state index in [0.717, 1.165) is 41.7 Å². The predicted molar refractivity (Wildman–Crippen MR) is 179 cm³/mol. The second-order valence-electron chi connectivity index (χ2n) is 16.7. The largest absolute Gasteiger partial charge is 0.756 e. The highest BCUT2D eigenvalue weighted by Gasteiger charge is 2.61. The maximum Gasteiger partial charge on any atom is 0.330 e. The Morgan fingerprint density at radius 2 is 1.88 bits per heavy atom. The fourth-order valence-electron chi connectivity index (χ4n) is 10.9. The Hall–Kier alpha value is -1.66. The number of hydrogen-bond donors (Lipinski definition) is 3. The summed E-state index contributed by atoms with van der Waals surface area (Å²) in [7, 11) is -4.93. The molecule has 1 aromatic heterocycles. The number of aromatic nitrogens is 2. The van der Waals surface area contributed by atoms with Gasteiger partial charge in [-0.05, 0) is 91.3 Å². The Bertz CT molecular complexity index is 1560. The molecule has 3 N–H and O–H groups in total. The molecule has 49 heavy (non-hydrogen) atoms. The number of halogens is 1. The Kier molecular flexibility index (Phi) is 10.6. The standard InChI is InChI=1S/C36H56FN2O9P/c1-20(2)7-6-8-21(3)24-9-10-25-32-26(12-14-36(24,25)5)35(4)13-11-23(15-22(35)16-28(32)41)47-49(44,45)48-29-17-31(46-30(29)19-40)39-18-27(37)33(42)38-34(39)43/h16,18,20-21,23-26,28-32,40-41H,6-15,17,19H2,1-5H3,(H,44,45)(H,38,42,43)/p-1/t21-,23+,24-,25+,26+,28+,29+,30-,31-,32+,35+,36-/m1/s1. The number of aromatic amines is 1. The van der Waals surface area contributed by atoms with Gasteiger partial charge in [-0.1, -0.05) is 65.5 Å². The molecule has 13 atom stereocenters. The van der Waals surface area contributed by atoms with Crippen LogP contribution in [0.25, 0.3) is 0 Å². The van der Waals surface area contributed by atoms with Gasteiger partial charge in [-0.25, -0.2) is 4.79 Å². The van der Waals surface area contributed by atoms with Crippen molar-refractivity contribution >= 4 is 7.82 Å². The van der Waals surface area contributed by atoms with Crippen LogP contribution in [0.4, 0.5) is 4.39 Å². The number of ether oxygens (including phenoxy) is 1. The van der Waals surface area contributed by atoms with Gasteiger partial charge in [0.05, 0.1) is 31.1 Å². The average molecular weight is 710 g/mol. The van der Waals surface area contributed by atoms with E-state index >= 15 is 0 Å². The highest BCUT2D eigenvalue weighted by atomic mass is 31.2. The molecule has 0 aromatic carbocycles. The van der Waals surface area contributed by atoms with E-state index in [1.165, 1.54) is 25.7 Å². The third-order valence-electron chi connectivity index (χ3n) is 13.4. The van der Waals surface area contributed by atoms with Crippen LogP contribution in [0.1, 0.15) is 111 Å². The summed E-state index contributed by atoms with van der Waals surface area (Å²) in [5.41, 5.74) is -0.992. The van der Waals surface area contributed by atoms with E-state index in [-0.39, 0.29) is 23.2 Å². The first kappa shape index (κ1) is 37.1. The van der Waals surface area contributed by atoms with Gasteiger partial charge in [0.25, 0.3) is 13.4 Å². The van der Waals surface area contributed by atoms with Crippen molar-refractivity contribution in [2.45, 2.75) is 136 Å². The normalized spacial score (nSPS) is 40.7. The first-order chi connectivity index (χ1) is 23.1. The molecule has 11 nitrogen and oxygen atoms in total. The van der Waals surface area contributed by atoms with E-state index in [9.17, 15) is 33.7 Å². The number of phosphoric acid groups is 1. The summed E-state index contributed by atoms with van der Waals surface area (Å²) in [6, 6.07) is 0. The zero-order valence-electron chi connectivity index (χ0n) is 29.5. The number of nitrogens with zero attached hydrogens (tertiary/aromatic N) is 1. The van der Waals surface area contributed by atoms with Crippen LogP contribution in [0.3, 0.4) is 0 Å². The van der Waals surface area contributed by atoms with Crippen LogP contribution in [0.2, 0.25) is 0 Å². The zero-order valence-corrected chi connectivity index (χ0v) is 30.4. The van der Waals surface area contributed by atoms with Gasteiger partial charge in [-0.3, -0.25) is 18.9 Å². The molecule has 1 aliphatic heterocycles. The minimum absolute atomic E-state index is 0.145. The molecule has 0 bridgehead atoms. The van der Waals surface area contributed by atoms with E-state index in [1.807, 2.05) is 11.1 Å². The van der Waals surface area contributed by atoms with Crippen molar-refractivity contribution < 1.29 is 37.8 Å². The topological polar surface area (TPSA) is 163 Å². The third-order valence-corrected chi connectivity index (χ3v) is 14.5. The van der Waals surface area contributed by atoms with Crippen LogP contribution in [-0.2, 0) is 18.3 Å². The molecule has 0 amide bonds. The number of aliphatic hydroxyl groups excluding tert-OH is 2. The molecule has 1 aromatic rings. The molecule has 1 saturated heterocycles. The van der Waals surface area contributed by atoms with Crippen LogP contribution in [0, 0.1) is 52.2 Å². The minimum atomic E-state index is -4.93. The van der Waals surface area contributed by atoms with Crippen LogP contribution in [0.5, 0.6) is 0 Å². The third kappa shape index (κ3) is 7.09.